The summed E-state index contributed by atoms with van der Waals surface area (Å²) in [5, 5.41) is 7.10. The number of piperidine rings is 1. The number of carbonyl (C=O) groups is 1. The molecule has 2 aliphatic rings. The van der Waals surface area contributed by atoms with Crippen LogP contribution in [0.4, 0.5) is 0 Å². The van der Waals surface area contributed by atoms with E-state index in [9.17, 15) is 4.79 Å². The van der Waals surface area contributed by atoms with Gasteiger partial charge < -0.3 is 10.6 Å². The lowest BCUT2D eigenvalue weighted by atomic mass is 10.1. The fourth-order valence-electron chi connectivity index (χ4n) is 2.31. The lowest BCUT2D eigenvalue weighted by molar-refractivity contribution is 0.0708. The van der Waals surface area contributed by atoms with Gasteiger partial charge in [0.25, 0.3) is 5.91 Å². The molecule has 0 spiro atoms. The average molecular weight is 234 g/mol. The van der Waals surface area contributed by atoms with Crippen molar-refractivity contribution >= 4 is 5.91 Å². The molecule has 1 aromatic rings. The van der Waals surface area contributed by atoms with Crippen molar-refractivity contribution in [2.45, 2.75) is 37.6 Å². The quantitative estimate of drug-likeness (QED) is 0.796. The number of hydrogen-bond donors (Lipinski definition) is 2. The number of amides is 1. The van der Waals surface area contributed by atoms with E-state index in [4.69, 9.17) is 5.73 Å². The summed E-state index contributed by atoms with van der Waals surface area (Å²) in [6.45, 7) is 1.51. The molecule has 1 aliphatic carbocycles. The van der Waals surface area contributed by atoms with Crippen LogP contribution >= 0.6 is 0 Å². The highest BCUT2D eigenvalue weighted by atomic mass is 16.2. The van der Waals surface area contributed by atoms with Crippen molar-refractivity contribution in [2.75, 3.05) is 13.1 Å². The third-order valence-electron chi connectivity index (χ3n) is 3.66. The largest absolute Gasteiger partial charge is 0.337 e. The lowest BCUT2D eigenvalue weighted by Gasteiger charge is -2.29. The third-order valence-corrected chi connectivity index (χ3v) is 3.66. The number of carbonyl (C=O) groups excluding carboxylic acids is 1. The number of nitrogens with one attached hydrogen (secondary N) is 1. The molecule has 1 aromatic heterocycles. The first-order chi connectivity index (χ1) is 8.24. The molecule has 2 fully saturated rings. The van der Waals surface area contributed by atoms with Gasteiger partial charge in [0.05, 0.1) is 0 Å². The predicted octanol–water partition coefficient (Wildman–Crippen LogP) is 0.850. The molecule has 1 amide bonds. The molecule has 1 aliphatic heterocycles. The molecule has 1 saturated carbocycles. The zero-order valence-corrected chi connectivity index (χ0v) is 9.85. The Morgan fingerprint density at radius 1 is 1.35 bits per heavy atom. The van der Waals surface area contributed by atoms with E-state index < -0.39 is 0 Å². The lowest BCUT2D eigenvalue weighted by Crippen LogP contribution is -2.42. The van der Waals surface area contributed by atoms with Gasteiger partial charge in [0.2, 0.25) is 0 Å². The Morgan fingerprint density at radius 2 is 2.06 bits per heavy atom. The highest BCUT2D eigenvalue weighted by Crippen LogP contribution is 2.39. The molecule has 17 heavy (non-hydrogen) atoms. The number of hydrogen-bond acceptors (Lipinski definition) is 3. The van der Waals surface area contributed by atoms with E-state index in [1.807, 2.05) is 11.0 Å². The average Bonchev–Trinajstić information content (AvgIpc) is 3.07. The van der Waals surface area contributed by atoms with Gasteiger partial charge in [-0.25, -0.2) is 0 Å². The smallest absolute Gasteiger partial charge is 0.274 e. The molecule has 0 bridgehead atoms. The van der Waals surface area contributed by atoms with Crippen LogP contribution in [0, 0.1) is 0 Å². The maximum absolute atomic E-state index is 12.2. The van der Waals surface area contributed by atoms with Gasteiger partial charge >= 0.3 is 0 Å². The zero-order chi connectivity index (χ0) is 11.8. The van der Waals surface area contributed by atoms with Crippen molar-refractivity contribution in [3.05, 3.63) is 17.5 Å². The van der Waals surface area contributed by atoms with Crippen molar-refractivity contribution < 1.29 is 4.79 Å². The van der Waals surface area contributed by atoms with Crippen LogP contribution in [0.25, 0.3) is 0 Å². The van der Waals surface area contributed by atoms with Crippen LogP contribution in [0.2, 0.25) is 0 Å². The molecule has 3 N–H and O–H groups in total. The van der Waals surface area contributed by atoms with Gasteiger partial charge in [-0.2, -0.15) is 5.10 Å². The summed E-state index contributed by atoms with van der Waals surface area (Å²) in [4.78, 5) is 14.0. The van der Waals surface area contributed by atoms with Gasteiger partial charge in [-0.1, -0.05) is 0 Å². The van der Waals surface area contributed by atoms with E-state index in [-0.39, 0.29) is 11.9 Å². The second-order valence-corrected chi connectivity index (χ2v) is 5.11. The first kappa shape index (κ1) is 10.8. The normalized spacial score (nSPS) is 21.8. The second-order valence-electron chi connectivity index (χ2n) is 5.11. The van der Waals surface area contributed by atoms with Crippen LogP contribution in [0.3, 0.4) is 0 Å². The molecule has 5 heteroatoms. The minimum absolute atomic E-state index is 0.0417. The van der Waals surface area contributed by atoms with E-state index in [1.165, 1.54) is 12.8 Å². The standard InChI is InChI=1S/C12H18N4O/c13-9-3-5-16(6-4-9)12(17)11-7-10(14-15-11)8-1-2-8/h7-9H,1-6,13H2,(H,14,15). The van der Waals surface area contributed by atoms with Gasteiger partial charge in [-0.05, 0) is 31.7 Å². The molecule has 1 saturated heterocycles. The SMILES string of the molecule is NC1CCN(C(=O)c2cc(C3CC3)[nH]n2)CC1. The van der Waals surface area contributed by atoms with Gasteiger partial charge in [-0.15, -0.1) is 0 Å². The molecule has 92 valence electrons. The second kappa shape index (κ2) is 4.14. The summed E-state index contributed by atoms with van der Waals surface area (Å²) >= 11 is 0. The summed E-state index contributed by atoms with van der Waals surface area (Å²) in [5.41, 5.74) is 7.50. The maximum atomic E-state index is 12.2. The monoisotopic (exact) mass is 234 g/mol. The highest BCUT2D eigenvalue weighted by molar-refractivity contribution is 5.92. The van der Waals surface area contributed by atoms with Gasteiger partial charge in [-0.3, -0.25) is 9.89 Å². The van der Waals surface area contributed by atoms with Crippen molar-refractivity contribution in [1.29, 1.82) is 0 Å². The third kappa shape index (κ3) is 2.20. The molecular weight excluding hydrogens is 216 g/mol. The molecule has 2 heterocycles. The van der Waals surface area contributed by atoms with Crippen molar-refractivity contribution in [3.8, 4) is 0 Å². The van der Waals surface area contributed by atoms with E-state index in [2.05, 4.69) is 10.2 Å². The Labute approximate surface area is 100 Å². The van der Waals surface area contributed by atoms with Crippen LogP contribution < -0.4 is 5.73 Å². The number of aromatic amines is 1. The van der Waals surface area contributed by atoms with Crippen molar-refractivity contribution in [3.63, 3.8) is 0 Å². The van der Waals surface area contributed by atoms with Gasteiger partial charge in [0, 0.05) is 30.7 Å². The number of rotatable bonds is 2. The fourth-order valence-corrected chi connectivity index (χ4v) is 2.31. The van der Waals surface area contributed by atoms with Gasteiger partial charge in [0.15, 0.2) is 0 Å². The van der Waals surface area contributed by atoms with Crippen LogP contribution in [0.1, 0.15) is 47.8 Å². The summed E-state index contributed by atoms with van der Waals surface area (Å²) in [5.74, 6) is 0.652. The number of nitrogens with two attached hydrogens (primary N) is 1. The molecule has 3 rings (SSSR count). The molecule has 0 atom stereocenters. The van der Waals surface area contributed by atoms with E-state index in [0.29, 0.717) is 11.6 Å². The highest BCUT2D eigenvalue weighted by Gasteiger charge is 2.28. The zero-order valence-electron chi connectivity index (χ0n) is 9.85. The number of H-pyrrole nitrogens is 1. The maximum Gasteiger partial charge on any atom is 0.274 e. The summed E-state index contributed by atoms with van der Waals surface area (Å²) < 4.78 is 0. The van der Waals surface area contributed by atoms with Crippen LogP contribution in [-0.2, 0) is 0 Å². The Kier molecular flexibility index (Phi) is 2.63. The van der Waals surface area contributed by atoms with Crippen LogP contribution in [0.5, 0.6) is 0 Å². The summed E-state index contributed by atoms with van der Waals surface area (Å²) in [7, 11) is 0. The predicted molar refractivity (Wildman–Crippen MR) is 63.7 cm³/mol. The number of nitrogens with zero attached hydrogens (tertiary/aromatic N) is 2. The van der Waals surface area contributed by atoms with E-state index in [1.54, 1.807) is 0 Å². The number of likely N-dealkylation sites (tertiary alicyclic amines) is 1. The molecule has 0 aromatic carbocycles. The first-order valence-electron chi connectivity index (χ1n) is 6.34. The number of aromatic nitrogens is 2. The molecular formula is C12H18N4O. The Bertz CT molecular complexity index is 416. The van der Waals surface area contributed by atoms with Crippen molar-refractivity contribution in [2.24, 2.45) is 5.73 Å². The summed E-state index contributed by atoms with van der Waals surface area (Å²) in [6.07, 6.45) is 4.22. The summed E-state index contributed by atoms with van der Waals surface area (Å²) in [6, 6.07) is 2.16. The van der Waals surface area contributed by atoms with Crippen molar-refractivity contribution in [1.82, 2.24) is 15.1 Å². The molecule has 0 radical (unpaired) electrons. The van der Waals surface area contributed by atoms with Crippen LogP contribution in [0.15, 0.2) is 6.07 Å². The van der Waals surface area contributed by atoms with Crippen LogP contribution in [-0.4, -0.2) is 40.1 Å². The van der Waals surface area contributed by atoms with E-state index in [0.717, 1.165) is 31.6 Å². The molecule has 5 nitrogen and oxygen atoms in total. The van der Waals surface area contributed by atoms with E-state index >= 15 is 0 Å². The fraction of sp³-hybridized carbons (Fsp3) is 0.667. The minimum Gasteiger partial charge on any atom is -0.337 e. The van der Waals surface area contributed by atoms with Gasteiger partial charge in [0.1, 0.15) is 5.69 Å². The molecule has 0 unspecified atom stereocenters. The Hall–Kier alpha value is -1.36. The Morgan fingerprint density at radius 3 is 2.71 bits per heavy atom. The first-order valence-corrected chi connectivity index (χ1v) is 6.34. The Balaban J connectivity index is 1.67. The minimum atomic E-state index is 0.0417. The topological polar surface area (TPSA) is 75.0 Å².